The first-order valence-corrected chi connectivity index (χ1v) is 11.3. The highest BCUT2D eigenvalue weighted by Gasteiger charge is 2.28. The normalized spacial score (nSPS) is 14.3. The third-order valence-electron chi connectivity index (χ3n) is 6.42. The molecule has 0 radical (unpaired) electrons. The SMILES string of the molecule is COc1cc(/C=C/C(=O)N2CCC=C(c3cccc4c3oc3ccccc34)C2=O)cc(C)c1C. The molecule has 5 nitrogen and oxygen atoms in total. The lowest BCUT2D eigenvalue weighted by atomic mass is 9.98. The molecular weight excluding hydrogens is 426 g/mol. The average molecular weight is 452 g/mol. The van der Waals surface area contributed by atoms with Gasteiger partial charge in [-0.1, -0.05) is 48.5 Å². The molecule has 0 saturated heterocycles. The van der Waals surface area contributed by atoms with Gasteiger partial charge >= 0.3 is 0 Å². The van der Waals surface area contributed by atoms with Crippen LogP contribution in [0.5, 0.6) is 5.75 Å². The number of furan rings is 1. The van der Waals surface area contributed by atoms with Gasteiger partial charge in [0.1, 0.15) is 16.9 Å². The average Bonchev–Trinajstić information content (AvgIpc) is 3.23. The summed E-state index contributed by atoms with van der Waals surface area (Å²) in [5.41, 5.74) is 5.62. The van der Waals surface area contributed by atoms with Crippen LogP contribution in [0.25, 0.3) is 33.6 Å². The molecule has 5 heteroatoms. The summed E-state index contributed by atoms with van der Waals surface area (Å²) in [5.74, 6) is 0.112. The fraction of sp³-hybridized carbons (Fsp3) is 0.172. The quantitative estimate of drug-likeness (QED) is 0.354. The molecule has 0 atom stereocenters. The van der Waals surface area contributed by atoms with Gasteiger partial charge in [-0.05, 0) is 55.2 Å². The topological polar surface area (TPSA) is 59.8 Å². The van der Waals surface area contributed by atoms with Crippen LogP contribution >= 0.6 is 0 Å². The number of hydrogen-bond acceptors (Lipinski definition) is 4. The van der Waals surface area contributed by atoms with Gasteiger partial charge in [0.15, 0.2) is 0 Å². The van der Waals surface area contributed by atoms with E-state index in [0.717, 1.165) is 38.8 Å². The van der Waals surface area contributed by atoms with E-state index >= 15 is 0 Å². The summed E-state index contributed by atoms with van der Waals surface area (Å²) >= 11 is 0. The zero-order valence-corrected chi connectivity index (χ0v) is 19.4. The number of benzene rings is 3. The van der Waals surface area contributed by atoms with Gasteiger partial charge in [0.2, 0.25) is 0 Å². The summed E-state index contributed by atoms with van der Waals surface area (Å²) in [6.45, 7) is 4.34. The number of amides is 2. The molecule has 4 aromatic rings. The van der Waals surface area contributed by atoms with Gasteiger partial charge < -0.3 is 9.15 Å². The minimum absolute atomic E-state index is 0.313. The Labute approximate surface area is 197 Å². The van der Waals surface area contributed by atoms with Gasteiger partial charge in [0.05, 0.1) is 7.11 Å². The van der Waals surface area contributed by atoms with Crippen molar-refractivity contribution < 1.29 is 18.7 Å². The number of aryl methyl sites for hydroxylation is 1. The predicted molar refractivity (Wildman–Crippen MR) is 135 cm³/mol. The number of methoxy groups -OCH3 is 1. The van der Waals surface area contributed by atoms with E-state index in [-0.39, 0.29) is 11.8 Å². The molecule has 2 heterocycles. The number of imide groups is 1. The lowest BCUT2D eigenvalue weighted by molar-refractivity contribution is -0.138. The van der Waals surface area contributed by atoms with E-state index in [0.29, 0.717) is 29.7 Å². The molecule has 0 bridgehead atoms. The summed E-state index contributed by atoms with van der Waals surface area (Å²) in [5, 5.41) is 1.96. The van der Waals surface area contributed by atoms with Crippen LogP contribution in [-0.2, 0) is 9.59 Å². The van der Waals surface area contributed by atoms with Crippen LogP contribution < -0.4 is 4.74 Å². The van der Waals surface area contributed by atoms with Gasteiger partial charge in [-0.3, -0.25) is 14.5 Å². The van der Waals surface area contributed by atoms with Gasteiger partial charge in [-0.25, -0.2) is 0 Å². The second-order valence-electron chi connectivity index (χ2n) is 8.48. The minimum atomic E-state index is -0.343. The molecule has 2 amide bonds. The fourth-order valence-corrected chi connectivity index (χ4v) is 4.49. The van der Waals surface area contributed by atoms with Crippen molar-refractivity contribution in [1.29, 1.82) is 0 Å². The minimum Gasteiger partial charge on any atom is -0.496 e. The van der Waals surface area contributed by atoms with E-state index in [1.165, 1.54) is 11.0 Å². The summed E-state index contributed by atoms with van der Waals surface area (Å²) in [4.78, 5) is 27.7. The highest BCUT2D eigenvalue weighted by Crippen LogP contribution is 2.35. The largest absolute Gasteiger partial charge is 0.496 e. The number of carbonyl (C=O) groups excluding carboxylic acids is 2. The number of hydrogen-bond donors (Lipinski definition) is 0. The smallest absolute Gasteiger partial charge is 0.261 e. The standard InChI is InChI=1S/C29H25NO4/c1-18-16-20(17-26(33-3)19(18)2)13-14-27(31)30-15-7-11-24(29(30)32)23-10-6-9-22-21-8-4-5-12-25(21)34-28(22)23/h4-6,8-14,16-17H,7,15H2,1-3H3/b14-13+. The Hall–Kier alpha value is -4.12. The molecule has 170 valence electrons. The Kier molecular flexibility index (Phi) is 5.54. The Morgan fingerprint density at radius 2 is 1.85 bits per heavy atom. The molecule has 1 aromatic heterocycles. The number of carbonyl (C=O) groups is 2. The van der Waals surface area contributed by atoms with E-state index < -0.39 is 0 Å². The molecular formula is C29H25NO4. The fourth-order valence-electron chi connectivity index (χ4n) is 4.49. The summed E-state index contributed by atoms with van der Waals surface area (Å²) < 4.78 is 11.5. The molecule has 3 aromatic carbocycles. The van der Waals surface area contributed by atoms with Crippen molar-refractivity contribution >= 4 is 45.4 Å². The lowest BCUT2D eigenvalue weighted by Gasteiger charge is -2.24. The van der Waals surface area contributed by atoms with Crippen LogP contribution in [0.3, 0.4) is 0 Å². The Morgan fingerprint density at radius 1 is 1.06 bits per heavy atom. The maximum Gasteiger partial charge on any atom is 0.261 e. The Morgan fingerprint density at radius 3 is 2.68 bits per heavy atom. The van der Waals surface area contributed by atoms with Crippen LogP contribution in [0, 0.1) is 13.8 Å². The van der Waals surface area contributed by atoms with Crippen molar-refractivity contribution in [1.82, 2.24) is 4.90 Å². The van der Waals surface area contributed by atoms with Gasteiger partial charge in [-0.15, -0.1) is 0 Å². The second-order valence-corrected chi connectivity index (χ2v) is 8.48. The van der Waals surface area contributed by atoms with E-state index in [1.807, 2.05) is 74.5 Å². The first-order valence-electron chi connectivity index (χ1n) is 11.3. The number of para-hydroxylation sites is 2. The monoisotopic (exact) mass is 451 g/mol. The molecule has 0 spiro atoms. The maximum absolute atomic E-state index is 13.4. The number of ether oxygens (including phenoxy) is 1. The van der Waals surface area contributed by atoms with Crippen LogP contribution in [0.4, 0.5) is 0 Å². The van der Waals surface area contributed by atoms with Crippen molar-refractivity contribution in [3.63, 3.8) is 0 Å². The number of fused-ring (bicyclic) bond motifs is 3. The first kappa shape index (κ1) is 21.7. The molecule has 0 aliphatic carbocycles. The molecule has 0 fully saturated rings. The van der Waals surface area contributed by atoms with E-state index in [1.54, 1.807) is 13.2 Å². The maximum atomic E-state index is 13.4. The van der Waals surface area contributed by atoms with Crippen LogP contribution in [-0.4, -0.2) is 30.4 Å². The van der Waals surface area contributed by atoms with Crippen LogP contribution in [0.15, 0.2) is 71.2 Å². The summed E-state index contributed by atoms with van der Waals surface area (Å²) in [6.07, 6.45) is 5.66. The van der Waals surface area contributed by atoms with Gasteiger partial charge in [0.25, 0.3) is 11.8 Å². The molecule has 0 unspecified atom stereocenters. The Balaban J connectivity index is 1.44. The van der Waals surface area contributed by atoms with Crippen molar-refractivity contribution in [3.8, 4) is 5.75 Å². The lowest BCUT2D eigenvalue weighted by Crippen LogP contribution is -2.39. The third kappa shape index (κ3) is 3.69. The highest BCUT2D eigenvalue weighted by atomic mass is 16.5. The molecule has 34 heavy (non-hydrogen) atoms. The van der Waals surface area contributed by atoms with Gasteiger partial charge in [-0.2, -0.15) is 0 Å². The first-order chi connectivity index (χ1) is 16.5. The van der Waals surface area contributed by atoms with Crippen LogP contribution in [0.1, 0.15) is 28.7 Å². The van der Waals surface area contributed by atoms with Crippen molar-refractivity contribution in [2.45, 2.75) is 20.3 Å². The zero-order chi connectivity index (χ0) is 23.8. The molecule has 0 saturated carbocycles. The Bertz CT molecular complexity index is 1510. The highest BCUT2D eigenvalue weighted by molar-refractivity contribution is 6.28. The molecule has 0 N–H and O–H groups in total. The van der Waals surface area contributed by atoms with Crippen LogP contribution in [0.2, 0.25) is 0 Å². The third-order valence-corrected chi connectivity index (χ3v) is 6.42. The van der Waals surface area contributed by atoms with E-state index in [4.69, 9.17) is 9.15 Å². The molecule has 1 aliphatic heterocycles. The van der Waals surface area contributed by atoms with E-state index in [9.17, 15) is 9.59 Å². The molecule has 5 rings (SSSR count). The van der Waals surface area contributed by atoms with Crippen molar-refractivity contribution in [2.75, 3.05) is 13.7 Å². The van der Waals surface area contributed by atoms with Crippen molar-refractivity contribution in [2.24, 2.45) is 0 Å². The molecule has 1 aliphatic rings. The second kappa shape index (κ2) is 8.67. The van der Waals surface area contributed by atoms with Gasteiger partial charge in [0, 0.05) is 34.5 Å². The zero-order valence-electron chi connectivity index (χ0n) is 19.4. The van der Waals surface area contributed by atoms with E-state index in [2.05, 4.69) is 0 Å². The number of nitrogens with zero attached hydrogens (tertiary/aromatic N) is 1. The predicted octanol–water partition coefficient (Wildman–Crippen LogP) is 6.07. The van der Waals surface area contributed by atoms with Crippen molar-refractivity contribution in [3.05, 3.63) is 89.0 Å². The summed E-state index contributed by atoms with van der Waals surface area (Å²) in [7, 11) is 1.63. The number of rotatable bonds is 4. The summed E-state index contributed by atoms with van der Waals surface area (Å²) in [6, 6.07) is 17.5.